The third kappa shape index (κ3) is 5.77. The van der Waals surface area contributed by atoms with Gasteiger partial charge in [0.05, 0.1) is 6.54 Å². The number of carbonyl (C=O) groups is 2. The van der Waals surface area contributed by atoms with E-state index >= 15 is 0 Å². The van der Waals surface area contributed by atoms with Gasteiger partial charge in [-0.25, -0.2) is 8.78 Å². The van der Waals surface area contributed by atoms with Crippen LogP contribution in [0.2, 0.25) is 0 Å². The lowest BCUT2D eigenvalue weighted by Crippen LogP contribution is -2.36. The average Bonchev–Trinajstić information content (AvgIpc) is 2.34. The van der Waals surface area contributed by atoms with E-state index in [9.17, 15) is 18.4 Å². The number of rotatable bonds is 6. The van der Waals surface area contributed by atoms with Crippen LogP contribution in [0.1, 0.15) is 30.6 Å². The summed E-state index contributed by atoms with van der Waals surface area (Å²) in [7, 11) is 0. The minimum atomic E-state index is -0.843. The van der Waals surface area contributed by atoms with Crippen LogP contribution >= 0.6 is 0 Å². The van der Waals surface area contributed by atoms with Crippen molar-refractivity contribution in [2.75, 3.05) is 6.54 Å². The van der Waals surface area contributed by atoms with Crippen LogP contribution in [0.3, 0.4) is 0 Å². The van der Waals surface area contributed by atoms with Gasteiger partial charge in [0.2, 0.25) is 5.91 Å². The Morgan fingerprint density at radius 3 is 2.35 bits per heavy atom. The van der Waals surface area contributed by atoms with Crippen LogP contribution in [0.25, 0.3) is 0 Å². The van der Waals surface area contributed by atoms with Gasteiger partial charge >= 0.3 is 0 Å². The predicted octanol–water partition coefficient (Wildman–Crippen LogP) is 2.02. The van der Waals surface area contributed by atoms with Crippen molar-refractivity contribution in [3.8, 4) is 0 Å². The first kappa shape index (κ1) is 16.1. The Morgan fingerprint density at radius 2 is 1.80 bits per heavy atom. The monoisotopic (exact) mass is 283 g/mol. The molecule has 2 amide bonds. The summed E-state index contributed by atoms with van der Waals surface area (Å²) in [4.78, 5) is 23.0. The van der Waals surface area contributed by atoms with E-state index < -0.39 is 23.4 Å². The second-order valence-corrected chi connectivity index (χ2v) is 4.74. The number of hydrogen-bond acceptors (Lipinski definition) is 2. The molecule has 0 bridgehead atoms. The van der Waals surface area contributed by atoms with Crippen molar-refractivity contribution in [2.45, 2.75) is 20.3 Å². The lowest BCUT2D eigenvalue weighted by atomic mass is 10.1. The standard InChI is InChI=1S/C14H17F2N2O2/c1-9(2)3-4-17-13(19)8-18-14(20)10-5-11(15)7-12(16)6-10/h4-7,9H,3,8H2,1-2H3,(H,17,19)(H,18,20). The maximum atomic E-state index is 12.9. The summed E-state index contributed by atoms with van der Waals surface area (Å²) >= 11 is 0. The molecule has 0 fully saturated rings. The van der Waals surface area contributed by atoms with Crippen molar-refractivity contribution >= 4 is 11.8 Å². The fraction of sp³-hybridized carbons (Fsp3) is 0.357. The van der Waals surface area contributed by atoms with E-state index in [1.54, 1.807) is 6.54 Å². The van der Waals surface area contributed by atoms with Gasteiger partial charge in [-0.3, -0.25) is 9.59 Å². The van der Waals surface area contributed by atoms with Gasteiger partial charge in [-0.1, -0.05) is 13.8 Å². The zero-order valence-corrected chi connectivity index (χ0v) is 11.4. The molecular formula is C14H17F2N2O2. The van der Waals surface area contributed by atoms with E-state index in [0.29, 0.717) is 12.0 Å². The molecule has 0 heterocycles. The van der Waals surface area contributed by atoms with Crippen molar-refractivity contribution in [2.24, 2.45) is 5.92 Å². The highest BCUT2D eigenvalue weighted by Crippen LogP contribution is 2.07. The number of carbonyl (C=O) groups excluding carboxylic acids is 2. The molecule has 1 radical (unpaired) electrons. The lowest BCUT2D eigenvalue weighted by Gasteiger charge is -2.08. The van der Waals surface area contributed by atoms with Gasteiger partial charge in [-0.2, -0.15) is 0 Å². The first-order valence-electron chi connectivity index (χ1n) is 6.24. The Balaban J connectivity index is 2.41. The second-order valence-electron chi connectivity index (χ2n) is 4.74. The van der Waals surface area contributed by atoms with Crippen molar-refractivity contribution < 1.29 is 18.4 Å². The zero-order valence-electron chi connectivity index (χ0n) is 11.4. The normalized spacial score (nSPS) is 10.4. The van der Waals surface area contributed by atoms with Crippen LogP contribution in [0.5, 0.6) is 0 Å². The van der Waals surface area contributed by atoms with Gasteiger partial charge in [0.25, 0.3) is 5.91 Å². The fourth-order valence-corrected chi connectivity index (χ4v) is 1.41. The van der Waals surface area contributed by atoms with E-state index in [-0.39, 0.29) is 12.1 Å². The highest BCUT2D eigenvalue weighted by Gasteiger charge is 2.10. The van der Waals surface area contributed by atoms with Crippen LogP contribution in [-0.4, -0.2) is 18.4 Å². The number of amides is 2. The van der Waals surface area contributed by atoms with Crippen molar-refractivity contribution in [3.05, 3.63) is 41.9 Å². The molecular weight excluding hydrogens is 266 g/mol. The first-order chi connectivity index (χ1) is 9.38. The Labute approximate surface area is 116 Å². The third-order valence-corrected chi connectivity index (χ3v) is 2.39. The molecule has 0 atom stereocenters. The molecule has 0 aromatic heterocycles. The van der Waals surface area contributed by atoms with Gasteiger partial charge in [-0.15, -0.1) is 0 Å². The molecule has 1 rings (SSSR count). The zero-order chi connectivity index (χ0) is 15.1. The maximum Gasteiger partial charge on any atom is 0.251 e. The molecule has 2 N–H and O–H groups in total. The summed E-state index contributed by atoms with van der Waals surface area (Å²) in [6, 6.07) is 2.48. The molecule has 0 spiro atoms. The van der Waals surface area contributed by atoms with Crippen molar-refractivity contribution in [1.82, 2.24) is 10.6 Å². The molecule has 4 nitrogen and oxygen atoms in total. The summed E-state index contributed by atoms with van der Waals surface area (Å²) in [5.41, 5.74) is -0.165. The summed E-state index contributed by atoms with van der Waals surface area (Å²) in [6.45, 7) is 5.36. The first-order valence-corrected chi connectivity index (χ1v) is 6.24. The predicted molar refractivity (Wildman–Crippen MR) is 70.6 cm³/mol. The van der Waals surface area contributed by atoms with Crippen LogP contribution < -0.4 is 10.6 Å². The highest BCUT2D eigenvalue weighted by molar-refractivity contribution is 5.96. The molecule has 0 saturated carbocycles. The maximum absolute atomic E-state index is 12.9. The largest absolute Gasteiger partial charge is 0.350 e. The van der Waals surface area contributed by atoms with Crippen LogP contribution in [0.4, 0.5) is 8.78 Å². The lowest BCUT2D eigenvalue weighted by molar-refractivity contribution is -0.119. The Morgan fingerprint density at radius 1 is 1.20 bits per heavy atom. The summed E-state index contributed by atoms with van der Waals surface area (Å²) in [6.07, 6.45) is 0.717. The van der Waals surface area contributed by atoms with Crippen molar-refractivity contribution in [3.63, 3.8) is 0 Å². The molecule has 0 unspecified atom stereocenters. The Kier molecular flexibility index (Phi) is 6.09. The van der Waals surface area contributed by atoms with Gasteiger partial charge in [-0.05, 0) is 24.5 Å². The average molecular weight is 283 g/mol. The van der Waals surface area contributed by atoms with E-state index in [4.69, 9.17) is 0 Å². The van der Waals surface area contributed by atoms with Gasteiger partial charge < -0.3 is 10.6 Å². The summed E-state index contributed by atoms with van der Waals surface area (Å²) in [5.74, 6) is -2.37. The number of nitrogens with one attached hydrogen (secondary N) is 2. The van der Waals surface area contributed by atoms with Gasteiger partial charge in [0, 0.05) is 18.2 Å². The topological polar surface area (TPSA) is 58.2 Å². The van der Waals surface area contributed by atoms with Crippen LogP contribution in [0, 0.1) is 24.1 Å². The van der Waals surface area contributed by atoms with Gasteiger partial charge in [0.15, 0.2) is 0 Å². The minimum absolute atomic E-state index is 0.165. The molecule has 1 aromatic carbocycles. The van der Waals surface area contributed by atoms with E-state index in [1.807, 2.05) is 13.8 Å². The van der Waals surface area contributed by atoms with E-state index in [1.165, 1.54) is 0 Å². The summed E-state index contributed by atoms with van der Waals surface area (Å²) < 4.78 is 25.9. The van der Waals surface area contributed by atoms with Gasteiger partial charge in [0.1, 0.15) is 11.6 Å². The highest BCUT2D eigenvalue weighted by atomic mass is 19.1. The smallest absolute Gasteiger partial charge is 0.251 e. The minimum Gasteiger partial charge on any atom is -0.350 e. The van der Waals surface area contributed by atoms with Crippen molar-refractivity contribution in [1.29, 1.82) is 0 Å². The molecule has 20 heavy (non-hydrogen) atoms. The molecule has 1 aromatic rings. The SMILES string of the molecule is CC(C)C[CH]NC(=O)CNC(=O)c1cc(F)cc(F)c1. The Bertz CT molecular complexity index is 470. The van der Waals surface area contributed by atoms with Crippen LogP contribution in [-0.2, 0) is 4.79 Å². The number of halogens is 2. The third-order valence-electron chi connectivity index (χ3n) is 2.39. The second kappa shape index (κ2) is 7.57. The van der Waals surface area contributed by atoms with E-state index in [0.717, 1.165) is 18.6 Å². The van der Waals surface area contributed by atoms with Crippen LogP contribution in [0.15, 0.2) is 18.2 Å². The molecule has 0 aliphatic rings. The number of benzene rings is 1. The number of hydrogen-bond donors (Lipinski definition) is 2. The molecule has 109 valence electrons. The summed E-state index contributed by atoms with van der Waals surface area (Å²) in [5, 5.41) is 4.80. The molecule has 0 saturated heterocycles. The fourth-order valence-electron chi connectivity index (χ4n) is 1.41. The molecule has 0 aliphatic heterocycles. The Hall–Kier alpha value is -1.98. The van der Waals surface area contributed by atoms with E-state index in [2.05, 4.69) is 10.6 Å². The quantitative estimate of drug-likeness (QED) is 0.839. The molecule has 0 aliphatic carbocycles. The molecule has 6 heteroatoms.